The molecule has 2 aromatic rings. The molecule has 1 atom stereocenters. The number of aromatic nitrogens is 4. The smallest absolute Gasteiger partial charge is 0.274 e. The summed E-state index contributed by atoms with van der Waals surface area (Å²) in [5.41, 5.74) is 0.357. The highest BCUT2D eigenvalue weighted by molar-refractivity contribution is 5.92. The van der Waals surface area contributed by atoms with E-state index in [1.54, 1.807) is 11.1 Å². The fourth-order valence-corrected chi connectivity index (χ4v) is 3.58. The van der Waals surface area contributed by atoms with Crippen molar-refractivity contribution >= 4 is 5.91 Å². The van der Waals surface area contributed by atoms with Crippen molar-refractivity contribution < 1.29 is 18.8 Å². The van der Waals surface area contributed by atoms with Crippen LogP contribution in [0.5, 0.6) is 0 Å². The SMILES string of the molecule is O=C(c1cnccn1)N1CCC(c2nc(CCOCC3CCOCC3)no2)C1. The normalized spacial score (nSPS) is 20.6. The molecule has 0 spiro atoms. The standard InChI is InChI=1S/C19H25N5O4/c25-19(16-11-20-5-6-21-16)24-7-1-15(12-24)18-22-17(23-28-18)4-10-27-13-14-2-8-26-9-3-14/h5-6,11,14-15H,1-4,7-10,12-13H2. The molecule has 4 rings (SSSR count). The topological polar surface area (TPSA) is 103 Å². The van der Waals surface area contributed by atoms with Gasteiger partial charge < -0.3 is 18.9 Å². The van der Waals surface area contributed by atoms with Crippen molar-refractivity contribution in [2.45, 2.75) is 31.6 Å². The molecule has 0 N–H and O–H groups in total. The zero-order valence-electron chi connectivity index (χ0n) is 15.8. The number of rotatable bonds is 7. The van der Waals surface area contributed by atoms with Crippen molar-refractivity contribution in [3.8, 4) is 0 Å². The maximum atomic E-state index is 12.5. The summed E-state index contributed by atoms with van der Waals surface area (Å²) in [4.78, 5) is 26.8. The lowest BCUT2D eigenvalue weighted by atomic mass is 10.0. The summed E-state index contributed by atoms with van der Waals surface area (Å²) in [6.45, 7) is 4.21. The van der Waals surface area contributed by atoms with Gasteiger partial charge in [0.05, 0.1) is 18.7 Å². The highest BCUT2D eigenvalue weighted by atomic mass is 16.5. The first-order chi connectivity index (χ1) is 13.8. The van der Waals surface area contributed by atoms with Crippen LogP contribution in [0.2, 0.25) is 0 Å². The summed E-state index contributed by atoms with van der Waals surface area (Å²) in [7, 11) is 0. The van der Waals surface area contributed by atoms with E-state index in [0.29, 0.717) is 49.4 Å². The molecule has 2 aliphatic heterocycles. The Hall–Kier alpha value is -2.39. The Morgan fingerprint density at radius 2 is 2.14 bits per heavy atom. The molecule has 1 amide bonds. The van der Waals surface area contributed by atoms with Gasteiger partial charge in [0.25, 0.3) is 5.91 Å². The molecule has 0 aromatic carbocycles. The van der Waals surface area contributed by atoms with Crippen molar-refractivity contribution in [2.24, 2.45) is 5.92 Å². The number of carbonyl (C=O) groups is 1. The first kappa shape index (κ1) is 18.9. The summed E-state index contributed by atoms with van der Waals surface area (Å²) in [6.07, 6.45) is 8.12. The first-order valence-corrected chi connectivity index (χ1v) is 9.83. The molecular weight excluding hydrogens is 362 g/mol. The second kappa shape index (κ2) is 9.20. The summed E-state index contributed by atoms with van der Waals surface area (Å²) in [6, 6.07) is 0. The average molecular weight is 387 g/mol. The summed E-state index contributed by atoms with van der Waals surface area (Å²) in [5.74, 6) is 1.78. The predicted octanol–water partition coefficient (Wildman–Crippen LogP) is 1.48. The number of carbonyl (C=O) groups excluding carboxylic acids is 1. The zero-order valence-corrected chi connectivity index (χ0v) is 15.8. The van der Waals surface area contributed by atoms with Crippen molar-refractivity contribution in [3.05, 3.63) is 36.0 Å². The minimum atomic E-state index is -0.114. The van der Waals surface area contributed by atoms with Crippen molar-refractivity contribution in [1.29, 1.82) is 0 Å². The van der Waals surface area contributed by atoms with Crippen molar-refractivity contribution in [1.82, 2.24) is 25.0 Å². The van der Waals surface area contributed by atoms with Gasteiger partial charge in [-0.2, -0.15) is 4.98 Å². The van der Waals surface area contributed by atoms with E-state index in [1.807, 2.05) is 0 Å². The lowest BCUT2D eigenvalue weighted by Crippen LogP contribution is -2.29. The van der Waals surface area contributed by atoms with E-state index in [-0.39, 0.29) is 11.8 Å². The Morgan fingerprint density at radius 3 is 2.96 bits per heavy atom. The molecule has 28 heavy (non-hydrogen) atoms. The maximum absolute atomic E-state index is 12.5. The van der Waals surface area contributed by atoms with E-state index in [2.05, 4.69) is 20.1 Å². The molecule has 9 heteroatoms. The van der Waals surface area contributed by atoms with E-state index in [0.717, 1.165) is 39.1 Å². The molecule has 0 aliphatic carbocycles. The predicted molar refractivity (Wildman–Crippen MR) is 97.7 cm³/mol. The Morgan fingerprint density at radius 1 is 1.25 bits per heavy atom. The van der Waals surface area contributed by atoms with Gasteiger partial charge in [0, 0.05) is 51.7 Å². The van der Waals surface area contributed by atoms with Crippen LogP contribution >= 0.6 is 0 Å². The van der Waals surface area contributed by atoms with Crippen LogP contribution in [-0.2, 0) is 15.9 Å². The molecule has 150 valence electrons. The molecule has 2 aliphatic rings. The molecule has 1 unspecified atom stereocenters. The van der Waals surface area contributed by atoms with E-state index in [4.69, 9.17) is 14.0 Å². The quantitative estimate of drug-likeness (QED) is 0.658. The molecule has 4 heterocycles. The average Bonchev–Trinajstić information content (AvgIpc) is 3.42. The summed E-state index contributed by atoms with van der Waals surface area (Å²) < 4.78 is 16.6. The van der Waals surface area contributed by atoms with Crippen LogP contribution in [-0.4, -0.2) is 70.4 Å². The Kier molecular flexibility index (Phi) is 6.23. The Bertz CT molecular complexity index is 763. The van der Waals surface area contributed by atoms with Crippen LogP contribution in [0, 0.1) is 5.92 Å². The number of amides is 1. The van der Waals surface area contributed by atoms with Gasteiger partial charge in [0.2, 0.25) is 5.89 Å². The molecule has 2 aromatic heterocycles. The maximum Gasteiger partial charge on any atom is 0.274 e. The number of hydrogen-bond acceptors (Lipinski definition) is 8. The number of ether oxygens (including phenoxy) is 2. The highest BCUT2D eigenvalue weighted by Crippen LogP contribution is 2.26. The third kappa shape index (κ3) is 4.71. The number of likely N-dealkylation sites (tertiary alicyclic amines) is 1. The monoisotopic (exact) mass is 387 g/mol. The largest absolute Gasteiger partial charge is 0.381 e. The molecule has 0 saturated carbocycles. The van der Waals surface area contributed by atoms with Gasteiger partial charge in [-0.1, -0.05) is 5.16 Å². The number of nitrogens with zero attached hydrogens (tertiary/aromatic N) is 5. The minimum Gasteiger partial charge on any atom is -0.381 e. The van der Waals surface area contributed by atoms with Crippen molar-refractivity contribution in [3.63, 3.8) is 0 Å². The van der Waals surface area contributed by atoms with E-state index >= 15 is 0 Å². The number of hydrogen-bond donors (Lipinski definition) is 0. The molecule has 2 saturated heterocycles. The zero-order chi connectivity index (χ0) is 19.2. The molecule has 0 bridgehead atoms. The molecule has 0 radical (unpaired) electrons. The molecular formula is C19H25N5O4. The van der Waals surface area contributed by atoms with Crippen LogP contribution in [0.3, 0.4) is 0 Å². The Balaban J connectivity index is 1.22. The summed E-state index contributed by atoms with van der Waals surface area (Å²) in [5, 5.41) is 4.06. The first-order valence-electron chi connectivity index (χ1n) is 9.83. The van der Waals surface area contributed by atoms with Gasteiger partial charge in [-0.3, -0.25) is 9.78 Å². The van der Waals surface area contributed by atoms with Crippen LogP contribution in [0.15, 0.2) is 23.1 Å². The molecule has 2 fully saturated rings. The van der Waals surface area contributed by atoms with Crippen LogP contribution in [0.4, 0.5) is 0 Å². The molecule has 9 nitrogen and oxygen atoms in total. The van der Waals surface area contributed by atoms with Crippen LogP contribution in [0.1, 0.15) is 47.4 Å². The van der Waals surface area contributed by atoms with E-state index in [1.165, 1.54) is 12.4 Å². The van der Waals surface area contributed by atoms with Gasteiger partial charge in [0.1, 0.15) is 5.69 Å². The van der Waals surface area contributed by atoms with Crippen molar-refractivity contribution in [2.75, 3.05) is 39.5 Å². The van der Waals surface area contributed by atoms with E-state index in [9.17, 15) is 4.79 Å². The van der Waals surface area contributed by atoms with Gasteiger partial charge in [0.15, 0.2) is 5.82 Å². The van der Waals surface area contributed by atoms with Crippen LogP contribution in [0.25, 0.3) is 0 Å². The van der Waals surface area contributed by atoms with Gasteiger partial charge in [-0.05, 0) is 25.2 Å². The van der Waals surface area contributed by atoms with E-state index < -0.39 is 0 Å². The lowest BCUT2D eigenvalue weighted by Gasteiger charge is -2.21. The van der Waals surface area contributed by atoms with Crippen LogP contribution < -0.4 is 0 Å². The Labute approximate surface area is 163 Å². The lowest BCUT2D eigenvalue weighted by molar-refractivity contribution is 0.0211. The third-order valence-electron chi connectivity index (χ3n) is 5.26. The second-order valence-electron chi connectivity index (χ2n) is 7.26. The fourth-order valence-electron chi connectivity index (χ4n) is 3.58. The van der Waals surface area contributed by atoms with Gasteiger partial charge in [-0.25, -0.2) is 4.98 Å². The van der Waals surface area contributed by atoms with Gasteiger partial charge in [-0.15, -0.1) is 0 Å². The second-order valence-corrected chi connectivity index (χ2v) is 7.26. The van der Waals surface area contributed by atoms with Gasteiger partial charge >= 0.3 is 0 Å². The third-order valence-corrected chi connectivity index (χ3v) is 5.26. The highest BCUT2D eigenvalue weighted by Gasteiger charge is 2.32. The fraction of sp³-hybridized carbons (Fsp3) is 0.632. The minimum absolute atomic E-state index is 0.0602. The summed E-state index contributed by atoms with van der Waals surface area (Å²) >= 11 is 0.